The van der Waals surface area contributed by atoms with Crippen LogP contribution in [0.1, 0.15) is 68.5 Å². The molecule has 0 radical (unpaired) electrons. The largest absolute Gasteiger partial charge is 0.393 e. The Morgan fingerprint density at radius 3 is 2.52 bits per heavy atom. The number of hydrogen-bond acceptors (Lipinski definition) is 5. The third-order valence-corrected chi connectivity index (χ3v) is 6.80. The number of hydrogen-bond donors (Lipinski definition) is 2. The van der Waals surface area contributed by atoms with E-state index in [-0.39, 0.29) is 23.7 Å². The van der Waals surface area contributed by atoms with Gasteiger partial charge in [-0.3, -0.25) is 9.36 Å². The monoisotopic (exact) mass is 418 g/mol. The summed E-state index contributed by atoms with van der Waals surface area (Å²) in [5.74, 6) is 0.579. The number of aliphatic hydroxyl groups excluding tert-OH is 1. The average Bonchev–Trinajstić information content (AvgIpc) is 3.31. The summed E-state index contributed by atoms with van der Waals surface area (Å²) in [5, 5.41) is 14.1. The van der Waals surface area contributed by atoms with E-state index in [1.54, 1.807) is 0 Å². The molecular weight excluding hydrogens is 388 g/mol. The van der Waals surface area contributed by atoms with Gasteiger partial charge in [0.2, 0.25) is 5.95 Å². The average molecular weight is 419 g/mol. The standard InChI is InChI=1S/C25H30N4O2/c30-22-12-10-20(11-13-22)27-25-26-16-19-15-18(14-17-6-2-1-3-7-17)24(31)29(23(19)28-25)21-8-4-5-9-21/h1-3,6-7,15-16,20-22,30H,4-5,8-14H2,(H,26,27,28). The lowest BCUT2D eigenvalue weighted by Gasteiger charge is -2.26. The van der Waals surface area contributed by atoms with Crippen molar-refractivity contribution in [3.05, 3.63) is 64.1 Å². The molecule has 5 rings (SSSR count). The third-order valence-electron chi connectivity index (χ3n) is 6.80. The summed E-state index contributed by atoms with van der Waals surface area (Å²) in [6.45, 7) is 0. The SMILES string of the molecule is O=c1c(Cc2ccccc2)cc2cnc(NC3CCC(O)CC3)nc2n1C1CCCC1. The number of aromatic nitrogens is 3. The van der Waals surface area contributed by atoms with Gasteiger partial charge in [-0.15, -0.1) is 0 Å². The van der Waals surface area contributed by atoms with E-state index < -0.39 is 0 Å². The van der Waals surface area contributed by atoms with Crippen LogP contribution in [-0.4, -0.2) is 31.8 Å². The number of pyridine rings is 1. The van der Waals surface area contributed by atoms with Crippen LogP contribution >= 0.6 is 0 Å². The summed E-state index contributed by atoms with van der Waals surface area (Å²) in [6, 6.07) is 12.6. The molecular formula is C25H30N4O2. The summed E-state index contributed by atoms with van der Waals surface area (Å²) < 4.78 is 1.94. The molecule has 31 heavy (non-hydrogen) atoms. The van der Waals surface area contributed by atoms with E-state index in [1.165, 1.54) is 0 Å². The number of rotatable bonds is 5. The lowest BCUT2D eigenvalue weighted by atomic mass is 9.93. The Hall–Kier alpha value is -2.73. The Morgan fingerprint density at radius 2 is 1.77 bits per heavy atom. The predicted molar refractivity (Wildman–Crippen MR) is 122 cm³/mol. The first-order chi connectivity index (χ1) is 15.2. The van der Waals surface area contributed by atoms with Crippen LogP contribution in [-0.2, 0) is 6.42 Å². The second-order valence-corrected chi connectivity index (χ2v) is 9.07. The highest BCUT2D eigenvalue weighted by Gasteiger charge is 2.24. The van der Waals surface area contributed by atoms with Crippen molar-refractivity contribution in [1.82, 2.24) is 14.5 Å². The fraction of sp³-hybridized carbons (Fsp3) is 0.480. The molecule has 2 fully saturated rings. The minimum atomic E-state index is -0.189. The molecule has 0 amide bonds. The highest BCUT2D eigenvalue weighted by molar-refractivity contribution is 5.76. The molecule has 3 aromatic rings. The maximum Gasteiger partial charge on any atom is 0.256 e. The molecule has 6 heteroatoms. The van der Waals surface area contributed by atoms with Crippen LogP contribution in [0.25, 0.3) is 11.0 Å². The van der Waals surface area contributed by atoms with Crippen LogP contribution in [0.4, 0.5) is 5.95 Å². The Morgan fingerprint density at radius 1 is 1.03 bits per heavy atom. The summed E-state index contributed by atoms with van der Waals surface area (Å²) in [4.78, 5) is 23.0. The van der Waals surface area contributed by atoms with Crippen molar-refractivity contribution in [3.8, 4) is 0 Å². The quantitative estimate of drug-likeness (QED) is 0.649. The Labute approximate surface area is 182 Å². The van der Waals surface area contributed by atoms with Gasteiger partial charge in [0.25, 0.3) is 5.56 Å². The smallest absolute Gasteiger partial charge is 0.256 e. The lowest BCUT2D eigenvalue weighted by molar-refractivity contribution is 0.126. The van der Waals surface area contributed by atoms with Crippen molar-refractivity contribution >= 4 is 17.0 Å². The minimum Gasteiger partial charge on any atom is -0.393 e. The first-order valence-electron chi connectivity index (χ1n) is 11.6. The van der Waals surface area contributed by atoms with Crippen molar-refractivity contribution in [2.75, 3.05) is 5.32 Å². The fourth-order valence-electron chi connectivity index (χ4n) is 5.09. The van der Waals surface area contributed by atoms with Gasteiger partial charge in [0, 0.05) is 35.7 Å². The summed E-state index contributed by atoms with van der Waals surface area (Å²) in [5.41, 5.74) is 2.75. The van der Waals surface area contributed by atoms with E-state index in [0.717, 1.165) is 73.5 Å². The molecule has 0 atom stereocenters. The molecule has 162 valence electrons. The molecule has 0 bridgehead atoms. The van der Waals surface area contributed by atoms with Crippen LogP contribution in [0.5, 0.6) is 0 Å². The van der Waals surface area contributed by atoms with E-state index in [4.69, 9.17) is 4.98 Å². The molecule has 0 unspecified atom stereocenters. The number of benzene rings is 1. The second kappa shape index (κ2) is 8.79. The van der Waals surface area contributed by atoms with Crippen molar-refractivity contribution in [2.24, 2.45) is 0 Å². The van der Waals surface area contributed by atoms with Gasteiger partial charge in [-0.25, -0.2) is 4.98 Å². The normalized spacial score (nSPS) is 22.1. The molecule has 1 aromatic carbocycles. The molecule has 2 aromatic heterocycles. The van der Waals surface area contributed by atoms with Crippen molar-refractivity contribution in [3.63, 3.8) is 0 Å². The molecule has 0 saturated heterocycles. The highest BCUT2D eigenvalue weighted by atomic mass is 16.3. The van der Waals surface area contributed by atoms with Gasteiger partial charge < -0.3 is 10.4 Å². The van der Waals surface area contributed by atoms with E-state index >= 15 is 0 Å². The zero-order valence-corrected chi connectivity index (χ0v) is 17.8. The predicted octanol–water partition coefficient (Wildman–Crippen LogP) is 4.21. The summed E-state index contributed by atoms with van der Waals surface area (Å²) in [6.07, 6.45) is 10.1. The van der Waals surface area contributed by atoms with Gasteiger partial charge in [0.1, 0.15) is 5.65 Å². The van der Waals surface area contributed by atoms with Crippen LogP contribution < -0.4 is 10.9 Å². The lowest BCUT2D eigenvalue weighted by Crippen LogP contribution is -2.30. The van der Waals surface area contributed by atoms with E-state index in [9.17, 15) is 9.90 Å². The first kappa shape index (κ1) is 20.2. The van der Waals surface area contributed by atoms with Crippen molar-refractivity contribution < 1.29 is 5.11 Å². The Balaban J connectivity index is 1.53. The number of anilines is 1. The van der Waals surface area contributed by atoms with E-state index in [0.29, 0.717) is 12.4 Å². The van der Waals surface area contributed by atoms with Crippen LogP contribution in [0.3, 0.4) is 0 Å². The van der Waals surface area contributed by atoms with Crippen LogP contribution in [0.2, 0.25) is 0 Å². The second-order valence-electron chi connectivity index (χ2n) is 9.07. The van der Waals surface area contributed by atoms with Gasteiger partial charge in [-0.1, -0.05) is 43.2 Å². The van der Waals surface area contributed by atoms with Gasteiger partial charge in [-0.2, -0.15) is 4.98 Å². The molecule has 2 aliphatic rings. The molecule has 2 aliphatic carbocycles. The van der Waals surface area contributed by atoms with E-state index in [1.807, 2.05) is 35.0 Å². The van der Waals surface area contributed by atoms with Gasteiger partial charge in [0.15, 0.2) is 0 Å². The number of fused-ring (bicyclic) bond motifs is 1. The maximum absolute atomic E-state index is 13.6. The molecule has 6 nitrogen and oxygen atoms in total. The highest BCUT2D eigenvalue weighted by Crippen LogP contribution is 2.31. The van der Waals surface area contributed by atoms with E-state index in [2.05, 4.69) is 22.4 Å². The van der Waals surface area contributed by atoms with Gasteiger partial charge in [0.05, 0.1) is 6.10 Å². The topological polar surface area (TPSA) is 80.0 Å². The molecule has 0 spiro atoms. The van der Waals surface area contributed by atoms with Crippen LogP contribution in [0.15, 0.2) is 47.4 Å². The maximum atomic E-state index is 13.6. The van der Waals surface area contributed by atoms with Crippen molar-refractivity contribution in [1.29, 1.82) is 0 Å². The number of aliphatic hydroxyl groups is 1. The Bertz CT molecular complexity index is 1100. The molecule has 2 N–H and O–H groups in total. The molecule has 2 saturated carbocycles. The number of nitrogens with zero attached hydrogens (tertiary/aromatic N) is 3. The molecule has 0 aliphatic heterocycles. The zero-order valence-electron chi connectivity index (χ0n) is 17.8. The van der Waals surface area contributed by atoms with Gasteiger partial charge in [-0.05, 0) is 50.2 Å². The Kier molecular flexibility index (Phi) is 5.72. The zero-order chi connectivity index (χ0) is 21.2. The molecule has 2 heterocycles. The van der Waals surface area contributed by atoms with Crippen LogP contribution in [0, 0.1) is 0 Å². The van der Waals surface area contributed by atoms with Crippen molar-refractivity contribution in [2.45, 2.75) is 76.0 Å². The van der Waals surface area contributed by atoms with Gasteiger partial charge >= 0.3 is 0 Å². The number of nitrogens with one attached hydrogen (secondary N) is 1. The third kappa shape index (κ3) is 4.35. The summed E-state index contributed by atoms with van der Waals surface area (Å²) in [7, 11) is 0. The first-order valence-corrected chi connectivity index (χ1v) is 11.6. The minimum absolute atomic E-state index is 0.0775. The fourth-order valence-corrected chi connectivity index (χ4v) is 5.09. The summed E-state index contributed by atoms with van der Waals surface area (Å²) >= 11 is 0.